The van der Waals surface area contributed by atoms with Crippen LogP contribution in [0, 0.1) is 11.8 Å². The Morgan fingerprint density at radius 3 is 2.38 bits per heavy atom. The van der Waals surface area contributed by atoms with Gasteiger partial charge in [0.15, 0.2) is 6.61 Å². The van der Waals surface area contributed by atoms with Crippen molar-refractivity contribution in [3.63, 3.8) is 0 Å². The van der Waals surface area contributed by atoms with E-state index in [4.69, 9.17) is 9.47 Å². The lowest BCUT2D eigenvalue weighted by atomic mass is 9.71. The molecule has 1 aromatic heterocycles. The monoisotopic (exact) mass is 681 g/mol. The number of ether oxygens (including phenoxy) is 2. The smallest absolute Gasteiger partial charge is 0.313 e. The van der Waals surface area contributed by atoms with Crippen molar-refractivity contribution in [3.05, 3.63) is 107 Å². The molecule has 2 heterocycles. The molecule has 2 N–H and O–H groups in total. The number of nitrogens with zero attached hydrogens (tertiary/aromatic N) is 4. The lowest BCUT2D eigenvalue weighted by molar-refractivity contribution is -0.139. The maximum Gasteiger partial charge on any atom is 0.313 e. The number of fused-ring (bicyclic) bond motifs is 1. The fraction of sp³-hybridized carbons (Fsp3) is 0.410. The van der Waals surface area contributed by atoms with Crippen LogP contribution in [0.1, 0.15) is 80.2 Å². The molecule has 2 amide bonds. The van der Waals surface area contributed by atoms with Crippen molar-refractivity contribution in [1.29, 1.82) is 0 Å². The number of amides is 2. The van der Waals surface area contributed by atoms with Crippen LogP contribution in [-0.4, -0.2) is 64.2 Å². The predicted molar refractivity (Wildman–Crippen MR) is 190 cm³/mol. The third-order valence-electron chi connectivity index (χ3n) is 10.1. The van der Waals surface area contributed by atoms with Crippen LogP contribution >= 0.6 is 0 Å². The second kappa shape index (κ2) is 16.1. The summed E-state index contributed by atoms with van der Waals surface area (Å²) in [4.78, 5) is 40.5. The molecule has 4 unspecified atom stereocenters. The first kappa shape index (κ1) is 36.3. The summed E-state index contributed by atoms with van der Waals surface area (Å²) in [5, 5.41) is 21.9. The highest BCUT2D eigenvalue weighted by Gasteiger charge is 2.45. The number of rotatable bonds is 16. The zero-order chi connectivity index (χ0) is 35.8. The molecule has 0 saturated heterocycles. The molecule has 0 radical (unpaired) electrons. The fourth-order valence-electron chi connectivity index (χ4n) is 6.50. The van der Waals surface area contributed by atoms with Crippen LogP contribution in [0.4, 0.5) is 5.69 Å². The maximum absolute atomic E-state index is 13.8. The summed E-state index contributed by atoms with van der Waals surface area (Å²) in [6, 6.07) is 22.0. The van der Waals surface area contributed by atoms with Gasteiger partial charge in [0.05, 0.1) is 31.5 Å². The first-order valence-electron chi connectivity index (χ1n) is 17.2. The Hall–Kier alpha value is -5.03. The largest absolute Gasteiger partial charge is 0.484 e. The minimum atomic E-state index is -1.03. The molecule has 11 nitrogen and oxygen atoms in total. The molecule has 264 valence electrons. The van der Waals surface area contributed by atoms with Gasteiger partial charge in [0.25, 0.3) is 11.8 Å². The van der Waals surface area contributed by atoms with Gasteiger partial charge in [0.2, 0.25) is 0 Å². The van der Waals surface area contributed by atoms with Crippen molar-refractivity contribution >= 4 is 23.5 Å². The van der Waals surface area contributed by atoms with Gasteiger partial charge >= 0.3 is 5.97 Å². The Kier molecular flexibility index (Phi) is 11.7. The van der Waals surface area contributed by atoms with E-state index < -0.39 is 17.9 Å². The SMILES string of the molecule is CCC(C)C(C)C(C)(C)c1cn(CCOCCNC(=O)COc2ccc(C3C(C(=O)O)c4ccccc4C(=O)N3c3ccccc3)cc2)nn1. The van der Waals surface area contributed by atoms with E-state index in [1.165, 1.54) is 0 Å². The Morgan fingerprint density at radius 2 is 1.68 bits per heavy atom. The van der Waals surface area contributed by atoms with E-state index in [-0.39, 0.29) is 23.8 Å². The molecule has 0 fully saturated rings. The number of nitrogens with one attached hydrogen (secondary N) is 1. The number of hydrogen-bond acceptors (Lipinski definition) is 7. The van der Waals surface area contributed by atoms with E-state index in [0.717, 1.165) is 12.1 Å². The molecular formula is C39H47N5O6. The summed E-state index contributed by atoms with van der Waals surface area (Å²) < 4.78 is 13.2. The number of carboxylic acid groups (broad SMARTS) is 1. The van der Waals surface area contributed by atoms with E-state index in [9.17, 15) is 19.5 Å². The summed E-state index contributed by atoms with van der Waals surface area (Å²) in [5.74, 6) is -1.11. The van der Waals surface area contributed by atoms with Crippen LogP contribution in [0.25, 0.3) is 0 Å². The molecular weight excluding hydrogens is 634 g/mol. The van der Waals surface area contributed by atoms with E-state index in [2.05, 4.69) is 50.2 Å². The minimum absolute atomic E-state index is 0.0847. The van der Waals surface area contributed by atoms with Crippen molar-refractivity contribution in [2.45, 2.75) is 65.0 Å². The normalized spacial score (nSPS) is 17.1. The maximum atomic E-state index is 13.8. The van der Waals surface area contributed by atoms with Gasteiger partial charge in [0, 0.05) is 29.4 Å². The molecule has 1 aliphatic heterocycles. The number of carbonyl (C=O) groups excluding carboxylic acids is 2. The number of carbonyl (C=O) groups is 3. The van der Waals surface area contributed by atoms with E-state index in [1.807, 2.05) is 24.4 Å². The minimum Gasteiger partial charge on any atom is -0.484 e. The van der Waals surface area contributed by atoms with Gasteiger partial charge in [-0.1, -0.05) is 94.8 Å². The number of para-hydroxylation sites is 1. The Morgan fingerprint density at radius 1 is 0.980 bits per heavy atom. The zero-order valence-corrected chi connectivity index (χ0v) is 29.4. The molecule has 4 atom stereocenters. The Bertz CT molecular complexity index is 1760. The van der Waals surface area contributed by atoms with Crippen LogP contribution in [0.5, 0.6) is 5.75 Å². The number of benzene rings is 3. The lowest BCUT2D eigenvalue weighted by Crippen LogP contribution is -2.45. The van der Waals surface area contributed by atoms with Crippen LogP contribution in [0.2, 0.25) is 0 Å². The first-order chi connectivity index (χ1) is 24.0. The van der Waals surface area contributed by atoms with Gasteiger partial charge in [0.1, 0.15) is 11.7 Å². The summed E-state index contributed by atoms with van der Waals surface area (Å²) in [6.45, 7) is 12.6. The third-order valence-corrected chi connectivity index (χ3v) is 10.1. The van der Waals surface area contributed by atoms with Gasteiger partial charge in [-0.15, -0.1) is 5.10 Å². The summed E-state index contributed by atoms with van der Waals surface area (Å²) in [6.07, 6.45) is 3.11. The number of aromatic nitrogens is 3. The highest BCUT2D eigenvalue weighted by atomic mass is 16.5. The molecule has 5 rings (SSSR count). The van der Waals surface area contributed by atoms with Crippen LogP contribution in [0.3, 0.4) is 0 Å². The first-order valence-corrected chi connectivity index (χ1v) is 17.2. The van der Waals surface area contributed by atoms with E-state index >= 15 is 0 Å². The summed E-state index contributed by atoms with van der Waals surface area (Å²) in [5.41, 5.74) is 2.96. The van der Waals surface area contributed by atoms with Crippen molar-refractivity contribution in [2.24, 2.45) is 11.8 Å². The average Bonchev–Trinajstić information content (AvgIpc) is 3.62. The second-order valence-corrected chi connectivity index (χ2v) is 13.4. The molecule has 50 heavy (non-hydrogen) atoms. The van der Waals surface area contributed by atoms with E-state index in [1.54, 1.807) is 70.2 Å². The number of hydrogen-bond donors (Lipinski definition) is 2. The zero-order valence-electron chi connectivity index (χ0n) is 29.4. The predicted octanol–water partition coefficient (Wildman–Crippen LogP) is 6.02. The molecule has 0 aliphatic carbocycles. The van der Waals surface area contributed by atoms with Gasteiger partial charge in [-0.3, -0.25) is 19.3 Å². The van der Waals surface area contributed by atoms with Gasteiger partial charge < -0.3 is 19.9 Å². The molecule has 3 aromatic carbocycles. The van der Waals surface area contributed by atoms with Crippen LogP contribution < -0.4 is 15.0 Å². The summed E-state index contributed by atoms with van der Waals surface area (Å²) in [7, 11) is 0. The van der Waals surface area contributed by atoms with Crippen molar-refractivity contribution in [1.82, 2.24) is 20.3 Å². The third kappa shape index (κ3) is 8.05. The van der Waals surface area contributed by atoms with Crippen LogP contribution in [0.15, 0.2) is 85.1 Å². The second-order valence-electron chi connectivity index (χ2n) is 13.4. The fourth-order valence-corrected chi connectivity index (χ4v) is 6.50. The topological polar surface area (TPSA) is 136 Å². The highest BCUT2D eigenvalue weighted by molar-refractivity contribution is 6.11. The number of carboxylic acids is 1. The average molecular weight is 682 g/mol. The van der Waals surface area contributed by atoms with Gasteiger partial charge in [-0.25, -0.2) is 4.68 Å². The van der Waals surface area contributed by atoms with Crippen LogP contribution in [-0.2, 0) is 26.3 Å². The lowest BCUT2D eigenvalue weighted by Gasteiger charge is -2.40. The van der Waals surface area contributed by atoms with Crippen molar-refractivity contribution in [2.75, 3.05) is 31.3 Å². The van der Waals surface area contributed by atoms with Crippen molar-refractivity contribution in [3.8, 4) is 5.75 Å². The number of aliphatic carboxylic acids is 1. The van der Waals surface area contributed by atoms with E-state index in [0.29, 0.717) is 66.3 Å². The highest BCUT2D eigenvalue weighted by Crippen LogP contribution is 2.45. The molecule has 4 aromatic rings. The molecule has 0 spiro atoms. The molecule has 0 bridgehead atoms. The van der Waals surface area contributed by atoms with Gasteiger partial charge in [-0.2, -0.15) is 0 Å². The number of anilines is 1. The quantitative estimate of drug-likeness (QED) is 0.137. The molecule has 1 aliphatic rings. The molecule has 0 saturated carbocycles. The van der Waals surface area contributed by atoms with Gasteiger partial charge in [-0.05, 0) is 53.3 Å². The molecule has 11 heteroatoms. The van der Waals surface area contributed by atoms with Crippen molar-refractivity contribution < 1.29 is 29.0 Å². The Labute approximate surface area is 293 Å². The summed E-state index contributed by atoms with van der Waals surface area (Å²) >= 11 is 0. The standard InChI is InChI=1S/C39H47N5O6/c1-6-26(2)27(3)39(4,5)33-24-43(42-41-33)21-23-49-22-20-40-34(45)25-50-30-18-16-28(17-19-30)36-35(38(47)48)31-14-10-11-15-32(31)37(46)44(36)29-12-8-7-9-13-29/h7-19,24,26-27,35-36H,6,20-23,25H2,1-5H3,(H,40,45)(H,47,48). The Balaban J connectivity index is 1.11.